The third-order valence-corrected chi connectivity index (χ3v) is 4.57. The molecular weight excluding hydrogens is 498 g/mol. The van der Waals surface area contributed by atoms with E-state index in [1.54, 1.807) is 0 Å². The minimum absolute atomic E-state index is 0.0280. The molecule has 2 rings (SSSR count). The van der Waals surface area contributed by atoms with Gasteiger partial charge in [-0.05, 0) is 49.2 Å². The van der Waals surface area contributed by atoms with Crippen LogP contribution in [0.15, 0.2) is 36.4 Å². The Morgan fingerprint density at radius 1 is 0.806 bits per heavy atom. The van der Waals surface area contributed by atoms with Gasteiger partial charge in [-0.1, -0.05) is 26.7 Å². The van der Waals surface area contributed by atoms with Crippen molar-refractivity contribution in [1.29, 1.82) is 0 Å². The van der Waals surface area contributed by atoms with Gasteiger partial charge in [-0.2, -0.15) is 26.3 Å². The molecule has 2 aromatic carbocycles. The molecule has 0 saturated carbocycles. The molecule has 0 aliphatic carbocycles. The Bertz CT molecular complexity index is 1020. The second kappa shape index (κ2) is 13.6. The quantitative estimate of drug-likeness (QED) is 0.210. The highest BCUT2D eigenvalue weighted by atomic mass is 19.4. The Morgan fingerprint density at radius 2 is 1.31 bits per heavy atom. The lowest BCUT2D eigenvalue weighted by Gasteiger charge is -2.14. The molecule has 0 aromatic heterocycles. The van der Waals surface area contributed by atoms with Crippen LogP contribution in [0.5, 0.6) is 11.5 Å². The van der Waals surface area contributed by atoms with E-state index in [9.17, 15) is 35.9 Å². The van der Waals surface area contributed by atoms with Crippen LogP contribution in [0.4, 0.5) is 26.3 Å². The number of phenols is 1. The number of aromatic hydroxyl groups is 1. The number of hydrogen-bond acceptors (Lipinski definition) is 5. The summed E-state index contributed by atoms with van der Waals surface area (Å²) >= 11 is 0. The van der Waals surface area contributed by atoms with Gasteiger partial charge in [-0.15, -0.1) is 0 Å². The molecule has 0 spiro atoms. The maximum absolute atomic E-state index is 12.8. The Morgan fingerprint density at radius 3 is 1.78 bits per heavy atom. The summed E-state index contributed by atoms with van der Waals surface area (Å²) in [5, 5.41) is 17.4. The molecule has 36 heavy (non-hydrogen) atoms. The van der Waals surface area contributed by atoms with E-state index in [1.807, 2.05) is 13.8 Å². The molecule has 0 atom stereocenters. The fourth-order valence-electron chi connectivity index (χ4n) is 2.59. The van der Waals surface area contributed by atoms with Crippen LogP contribution in [0, 0.1) is 0 Å². The molecule has 0 saturated heterocycles. The lowest BCUT2D eigenvalue weighted by molar-refractivity contribution is -0.138. The number of carboxylic acid groups (broad SMARTS) is 1. The highest BCUT2D eigenvalue weighted by molar-refractivity contribution is 5.92. The van der Waals surface area contributed by atoms with Gasteiger partial charge >= 0.3 is 24.3 Å². The Labute approximate surface area is 203 Å². The van der Waals surface area contributed by atoms with Crippen LogP contribution in [0.2, 0.25) is 0 Å². The Balaban J connectivity index is 0.000000397. The number of aromatic carboxylic acids is 1. The van der Waals surface area contributed by atoms with E-state index >= 15 is 0 Å². The summed E-state index contributed by atoms with van der Waals surface area (Å²) < 4.78 is 84.8. The van der Waals surface area contributed by atoms with Gasteiger partial charge in [-0.25, -0.2) is 9.59 Å². The van der Waals surface area contributed by atoms with Crippen molar-refractivity contribution in [2.75, 3.05) is 13.2 Å². The minimum atomic E-state index is -4.59. The molecule has 0 fully saturated rings. The third kappa shape index (κ3) is 9.67. The van der Waals surface area contributed by atoms with Gasteiger partial charge in [0.25, 0.3) is 0 Å². The van der Waals surface area contributed by atoms with Crippen molar-refractivity contribution in [2.24, 2.45) is 0 Å². The Kier molecular flexibility index (Phi) is 11.6. The fourth-order valence-corrected chi connectivity index (χ4v) is 2.59. The van der Waals surface area contributed by atoms with Crippen LogP contribution < -0.4 is 4.74 Å². The van der Waals surface area contributed by atoms with Crippen LogP contribution in [0.1, 0.15) is 71.4 Å². The minimum Gasteiger partial charge on any atom is -0.507 e. The van der Waals surface area contributed by atoms with Gasteiger partial charge in [0, 0.05) is 0 Å². The zero-order valence-electron chi connectivity index (χ0n) is 19.5. The maximum atomic E-state index is 12.8. The standard InChI is InChI=1S/C16H21F3O3.C8H5F3O3/c1-3-5-9-21-14-11-12(16(17,18)19)7-8-13(14)15(20)22-10-6-4-2;9-8(10,11)4-1-2-5(7(13)14)6(12)3-4/h7-8,11H,3-6,9-10H2,1-2H3;1-3,12H,(H,13,14). The lowest BCUT2D eigenvalue weighted by atomic mass is 10.1. The van der Waals surface area contributed by atoms with Gasteiger partial charge in [0.05, 0.1) is 24.3 Å². The number of halogens is 6. The van der Waals surface area contributed by atoms with Crippen molar-refractivity contribution in [3.63, 3.8) is 0 Å². The number of esters is 1. The number of carbonyl (C=O) groups is 2. The van der Waals surface area contributed by atoms with Crippen LogP contribution in [0.25, 0.3) is 0 Å². The molecule has 12 heteroatoms. The van der Waals surface area contributed by atoms with Crippen LogP contribution >= 0.6 is 0 Å². The molecule has 0 bridgehead atoms. The summed E-state index contributed by atoms with van der Waals surface area (Å²) in [6.07, 6.45) is -5.96. The van der Waals surface area contributed by atoms with E-state index in [-0.39, 0.29) is 24.5 Å². The van der Waals surface area contributed by atoms with E-state index in [2.05, 4.69) is 0 Å². The number of hydrogen-bond donors (Lipinski definition) is 2. The molecular formula is C24H26F6O6. The summed E-state index contributed by atoms with van der Waals surface area (Å²) in [6, 6.07) is 4.51. The predicted octanol–water partition coefficient (Wildman–Crippen LogP) is 6.95. The van der Waals surface area contributed by atoms with Crippen molar-refractivity contribution < 1.29 is 55.6 Å². The predicted molar refractivity (Wildman–Crippen MR) is 117 cm³/mol. The van der Waals surface area contributed by atoms with E-state index in [4.69, 9.17) is 19.7 Å². The summed E-state index contributed by atoms with van der Waals surface area (Å²) in [7, 11) is 0. The van der Waals surface area contributed by atoms with Crippen molar-refractivity contribution in [3.05, 3.63) is 58.7 Å². The summed E-state index contributed by atoms with van der Waals surface area (Å²) in [5.41, 5.74) is -2.46. The molecule has 0 unspecified atom stereocenters. The maximum Gasteiger partial charge on any atom is 0.416 e. The first-order valence-electron chi connectivity index (χ1n) is 10.9. The highest BCUT2D eigenvalue weighted by Crippen LogP contribution is 2.34. The first-order valence-corrected chi connectivity index (χ1v) is 10.9. The number of unbranched alkanes of at least 4 members (excludes halogenated alkanes) is 2. The summed E-state index contributed by atoms with van der Waals surface area (Å²) in [6.45, 7) is 4.39. The largest absolute Gasteiger partial charge is 0.507 e. The molecule has 0 heterocycles. The van der Waals surface area contributed by atoms with Gasteiger partial charge in [0.2, 0.25) is 0 Å². The second-order valence-electron chi connectivity index (χ2n) is 7.44. The number of carboxylic acids is 1. The summed E-state index contributed by atoms with van der Waals surface area (Å²) in [4.78, 5) is 22.3. The molecule has 0 amide bonds. The number of benzene rings is 2. The molecule has 0 radical (unpaired) electrons. The van der Waals surface area contributed by atoms with Crippen molar-refractivity contribution >= 4 is 11.9 Å². The van der Waals surface area contributed by atoms with Crippen molar-refractivity contribution in [3.8, 4) is 11.5 Å². The van der Waals surface area contributed by atoms with E-state index in [1.165, 1.54) is 0 Å². The molecule has 6 nitrogen and oxygen atoms in total. The monoisotopic (exact) mass is 524 g/mol. The average molecular weight is 524 g/mol. The number of rotatable bonds is 9. The van der Waals surface area contributed by atoms with E-state index in [0.717, 1.165) is 31.0 Å². The summed E-state index contributed by atoms with van der Waals surface area (Å²) in [5.74, 6) is -3.11. The van der Waals surface area contributed by atoms with Crippen LogP contribution in [-0.4, -0.2) is 35.4 Å². The van der Waals surface area contributed by atoms with Crippen molar-refractivity contribution in [1.82, 2.24) is 0 Å². The molecule has 2 N–H and O–H groups in total. The highest BCUT2D eigenvalue weighted by Gasteiger charge is 2.32. The van der Waals surface area contributed by atoms with Crippen molar-refractivity contribution in [2.45, 2.75) is 51.9 Å². The normalized spacial score (nSPS) is 11.3. The molecule has 2 aromatic rings. The Hall–Kier alpha value is -3.44. The topological polar surface area (TPSA) is 93.1 Å². The zero-order chi connectivity index (χ0) is 27.5. The van der Waals surface area contributed by atoms with E-state index < -0.39 is 46.7 Å². The smallest absolute Gasteiger partial charge is 0.416 e. The molecule has 0 aliphatic rings. The molecule has 200 valence electrons. The third-order valence-electron chi connectivity index (χ3n) is 4.57. The second-order valence-corrected chi connectivity index (χ2v) is 7.44. The van der Waals surface area contributed by atoms with Gasteiger partial charge < -0.3 is 19.7 Å². The van der Waals surface area contributed by atoms with Gasteiger partial charge in [0.15, 0.2) is 0 Å². The van der Waals surface area contributed by atoms with E-state index in [0.29, 0.717) is 31.0 Å². The fraction of sp³-hybridized carbons (Fsp3) is 0.417. The first-order chi connectivity index (χ1) is 16.7. The zero-order valence-corrected chi connectivity index (χ0v) is 19.5. The number of ether oxygens (including phenoxy) is 2. The number of carbonyl (C=O) groups excluding carboxylic acids is 1. The van der Waals surface area contributed by atoms with Crippen LogP contribution in [-0.2, 0) is 17.1 Å². The SMILES string of the molecule is CCCCOC(=O)c1ccc(C(F)(F)F)cc1OCCCC.O=C(O)c1ccc(C(F)(F)F)cc1O. The first kappa shape index (κ1) is 30.6. The number of alkyl halides is 6. The lowest BCUT2D eigenvalue weighted by Crippen LogP contribution is -2.12. The van der Waals surface area contributed by atoms with Crippen LogP contribution in [0.3, 0.4) is 0 Å². The van der Waals surface area contributed by atoms with Gasteiger partial charge in [0.1, 0.15) is 22.6 Å². The van der Waals surface area contributed by atoms with Gasteiger partial charge in [-0.3, -0.25) is 0 Å². The average Bonchev–Trinajstić information content (AvgIpc) is 2.78. The molecule has 0 aliphatic heterocycles.